The van der Waals surface area contributed by atoms with Crippen LogP contribution in [0.3, 0.4) is 0 Å². The van der Waals surface area contributed by atoms with Crippen LogP contribution in [-0.2, 0) is 6.54 Å². The number of likely N-dealkylation sites (N-methyl/N-ethyl adjacent to an activating group) is 1. The summed E-state index contributed by atoms with van der Waals surface area (Å²) in [6.45, 7) is 5.09. The number of hydrogen-bond donors (Lipinski definition) is 1. The Labute approximate surface area is 112 Å². The Morgan fingerprint density at radius 2 is 1.63 bits per heavy atom. The van der Waals surface area contributed by atoms with Crippen LogP contribution in [0, 0.1) is 23.4 Å². The molecule has 0 aromatic heterocycles. The molecule has 108 valence electrons. The largest absolute Gasteiger partial charge is 0.308 e. The van der Waals surface area contributed by atoms with E-state index in [9.17, 15) is 13.2 Å². The SMILES string of the molecule is CC(C)C(CN(C)C)NCc1cc(F)c(F)cc1F. The fourth-order valence-electron chi connectivity index (χ4n) is 1.84. The molecule has 1 rings (SSSR count). The van der Waals surface area contributed by atoms with Crippen LogP contribution in [0.1, 0.15) is 19.4 Å². The first kappa shape index (κ1) is 16.0. The van der Waals surface area contributed by atoms with Crippen molar-refractivity contribution >= 4 is 0 Å². The molecule has 0 aliphatic rings. The van der Waals surface area contributed by atoms with Crippen LogP contribution < -0.4 is 5.32 Å². The van der Waals surface area contributed by atoms with E-state index in [0.29, 0.717) is 12.0 Å². The van der Waals surface area contributed by atoms with Gasteiger partial charge in [0.1, 0.15) is 5.82 Å². The van der Waals surface area contributed by atoms with Crippen LogP contribution >= 0.6 is 0 Å². The minimum Gasteiger partial charge on any atom is -0.308 e. The molecule has 0 aliphatic carbocycles. The summed E-state index contributed by atoms with van der Waals surface area (Å²) in [6.07, 6.45) is 0. The Balaban J connectivity index is 2.71. The third-order valence-electron chi connectivity index (χ3n) is 3.01. The lowest BCUT2D eigenvalue weighted by molar-refractivity contribution is 0.287. The molecular formula is C14H21F3N2. The number of benzene rings is 1. The zero-order chi connectivity index (χ0) is 14.6. The number of hydrogen-bond acceptors (Lipinski definition) is 2. The van der Waals surface area contributed by atoms with Gasteiger partial charge >= 0.3 is 0 Å². The molecular weight excluding hydrogens is 253 g/mol. The first-order valence-electron chi connectivity index (χ1n) is 6.32. The number of rotatable bonds is 6. The molecule has 19 heavy (non-hydrogen) atoms. The smallest absolute Gasteiger partial charge is 0.161 e. The average molecular weight is 274 g/mol. The Bertz CT molecular complexity index is 419. The van der Waals surface area contributed by atoms with Crippen molar-refractivity contribution < 1.29 is 13.2 Å². The van der Waals surface area contributed by atoms with Gasteiger partial charge in [0.25, 0.3) is 0 Å². The number of nitrogens with one attached hydrogen (secondary N) is 1. The van der Waals surface area contributed by atoms with Gasteiger partial charge in [-0.05, 0) is 26.1 Å². The normalized spacial score (nSPS) is 13.3. The second-order valence-corrected chi connectivity index (χ2v) is 5.35. The van der Waals surface area contributed by atoms with Gasteiger partial charge in [-0.1, -0.05) is 13.8 Å². The minimum atomic E-state index is -1.16. The van der Waals surface area contributed by atoms with Gasteiger partial charge in [-0.2, -0.15) is 0 Å². The van der Waals surface area contributed by atoms with E-state index in [1.54, 1.807) is 0 Å². The van der Waals surface area contributed by atoms with Crippen LogP contribution in [-0.4, -0.2) is 31.6 Å². The van der Waals surface area contributed by atoms with Crippen molar-refractivity contribution in [2.45, 2.75) is 26.4 Å². The van der Waals surface area contributed by atoms with Crippen molar-refractivity contribution in [3.8, 4) is 0 Å². The minimum absolute atomic E-state index is 0.142. The molecule has 0 spiro atoms. The third-order valence-corrected chi connectivity index (χ3v) is 3.01. The standard InChI is InChI=1S/C14H21F3N2/c1-9(2)14(8-19(3)4)18-7-10-5-12(16)13(17)6-11(10)15/h5-6,9,14,18H,7-8H2,1-4H3. The maximum absolute atomic E-state index is 13.5. The summed E-state index contributed by atoms with van der Waals surface area (Å²) in [6, 6.07) is 1.65. The highest BCUT2D eigenvalue weighted by atomic mass is 19.2. The van der Waals surface area contributed by atoms with E-state index < -0.39 is 17.5 Å². The van der Waals surface area contributed by atoms with Crippen LogP contribution in [0.15, 0.2) is 12.1 Å². The summed E-state index contributed by atoms with van der Waals surface area (Å²) < 4.78 is 39.4. The fraction of sp³-hybridized carbons (Fsp3) is 0.571. The van der Waals surface area contributed by atoms with Crippen molar-refractivity contribution in [2.24, 2.45) is 5.92 Å². The molecule has 1 aromatic rings. The van der Waals surface area contributed by atoms with Gasteiger partial charge < -0.3 is 10.2 Å². The van der Waals surface area contributed by atoms with E-state index in [2.05, 4.69) is 19.2 Å². The molecule has 1 unspecified atom stereocenters. The fourth-order valence-corrected chi connectivity index (χ4v) is 1.84. The Morgan fingerprint density at radius 1 is 1.05 bits per heavy atom. The molecule has 1 aromatic carbocycles. The van der Waals surface area contributed by atoms with Crippen LogP contribution in [0.25, 0.3) is 0 Å². The van der Waals surface area contributed by atoms with E-state index >= 15 is 0 Å². The first-order chi connectivity index (χ1) is 8.81. The lowest BCUT2D eigenvalue weighted by atomic mass is 10.0. The highest BCUT2D eigenvalue weighted by molar-refractivity contribution is 5.20. The Kier molecular flexibility index (Phi) is 5.82. The molecule has 5 heteroatoms. The summed E-state index contributed by atoms with van der Waals surface area (Å²) in [4.78, 5) is 2.03. The first-order valence-corrected chi connectivity index (χ1v) is 6.32. The number of halogens is 3. The third kappa shape index (κ3) is 4.84. The van der Waals surface area contributed by atoms with Crippen LogP contribution in [0.2, 0.25) is 0 Å². The molecule has 2 nitrogen and oxygen atoms in total. The highest BCUT2D eigenvalue weighted by Gasteiger charge is 2.15. The van der Waals surface area contributed by atoms with Crippen molar-refractivity contribution in [1.29, 1.82) is 0 Å². The summed E-state index contributed by atoms with van der Waals surface area (Å²) in [7, 11) is 3.91. The zero-order valence-electron chi connectivity index (χ0n) is 11.8. The van der Waals surface area contributed by atoms with Gasteiger partial charge in [0, 0.05) is 30.8 Å². The van der Waals surface area contributed by atoms with E-state index in [4.69, 9.17) is 0 Å². The van der Waals surface area contributed by atoms with Crippen molar-refractivity contribution in [3.05, 3.63) is 35.1 Å². The van der Waals surface area contributed by atoms with Gasteiger partial charge in [-0.15, -0.1) is 0 Å². The monoisotopic (exact) mass is 274 g/mol. The molecule has 1 N–H and O–H groups in total. The predicted octanol–water partition coefficient (Wildman–Crippen LogP) is 2.78. The van der Waals surface area contributed by atoms with E-state index in [-0.39, 0.29) is 18.2 Å². The summed E-state index contributed by atoms with van der Waals surface area (Å²) >= 11 is 0. The van der Waals surface area contributed by atoms with Gasteiger partial charge in [0.15, 0.2) is 11.6 Å². The molecule has 0 saturated carbocycles. The summed E-state index contributed by atoms with van der Waals surface area (Å²) in [5.41, 5.74) is 0.142. The summed E-state index contributed by atoms with van der Waals surface area (Å²) in [5.74, 6) is -2.55. The lowest BCUT2D eigenvalue weighted by Crippen LogP contribution is -2.41. The number of nitrogens with zero attached hydrogens (tertiary/aromatic N) is 1. The van der Waals surface area contributed by atoms with Crippen molar-refractivity contribution in [1.82, 2.24) is 10.2 Å². The maximum Gasteiger partial charge on any atom is 0.161 e. The van der Waals surface area contributed by atoms with Gasteiger partial charge in [0.05, 0.1) is 0 Å². The van der Waals surface area contributed by atoms with E-state index in [1.165, 1.54) is 0 Å². The molecule has 1 atom stereocenters. The van der Waals surface area contributed by atoms with Gasteiger partial charge in [-0.3, -0.25) is 0 Å². The highest BCUT2D eigenvalue weighted by Crippen LogP contribution is 2.14. The van der Waals surface area contributed by atoms with E-state index in [1.807, 2.05) is 19.0 Å². The zero-order valence-corrected chi connectivity index (χ0v) is 11.8. The average Bonchev–Trinajstić information content (AvgIpc) is 2.29. The predicted molar refractivity (Wildman–Crippen MR) is 70.3 cm³/mol. The van der Waals surface area contributed by atoms with Crippen LogP contribution in [0.4, 0.5) is 13.2 Å². The second-order valence-electron chi connectivity index (χ2n) is 5.35. The summed E-state index contributed by atoms with van der Waals surface area (Å²) in [5, 5.41) is 3.18. The molecule has 0 bridgehead atoms. The molecule has 0 heterocycles. The molecule has 0 amide bonds. The van der Waals surface area contributed by atoms with E-state index in [0.717, 1.165) is 12.6 Å². The Morgan fingerprint density at radius 3 is 2.16 bits per heavy atom. The van der Waals surface area contributed by atoms with Gasteiger partial charge in [-0.25, -0.2) is 13.2 Å². The molecule has 0 fully saturated rings. The van der Waals surface area contributed by atoms with Crippen LogP contribution in [0.5, 0.6) is 0 Å². The Hall–Kier alpha value is -1.07. The second kappa shape index (κ2) is 6.91. The van der Waals surface area contributed by atoms with Crippen molar-refractivity contribution in [2.75, 3.05) is 20.6 Å². The lowest BCUT2D eigenvalue weighted by Gasteiger charge is -2.26. The topological polar surface area (TPSA) is 15.3 Å². The quantitative estimate of drug-likeness (QED) is 0.802. The van der Waals surface area contributed by atoms with Gasteiger partial charge in [0.2, 0.25) is 0 Å². The molecule has 0 aliphatic heterocycles. The maximum atomic E-state index is 13.5. The van der Waals surface area contributed by atoms with Crippen molar-refractivity contribution in [3.63, 3.8) is 0 Å². The molecule has 0 saturated heterocycles. The molecule has 0 radical (unpaired) electrons.